The number of aromatic hydroxyl groups is 1. The monoisotopic (exact) mass is 317 g/mol. The predicted octanol–water partition coefficient (Wildman–Crippen LogP) is 3.78. The molecule has 0 saturated heterocycles. The van der Waals surface area contributed by atoms with Gasteiger partial charge in [-0.05, 0) is 48.9 Å². The Labute approximate surface area is 138 Å². The van der Waals surface area contributed by atoms with Gasteiger partial charge in [-0.15, -0.1) is 0 Å². The number of pyridine rings is 1. The van der Waals surface area contributed by atoms with Gasteiger partial charge in [0.2, 0.25) is 5.95 Å². The van der Waals surface area contributed by atoms with Gasteiger partial charge >= 0.3 is 0 Å². The first-order valence-corrected chi connectivity index (χ1v) is 7.53. The van der Waals surface area contributed by atoms with E-state index in [0.29, 0.717) is 5.95 Å². The number of aromatic nitrogens is 4. The highest BCUT2D eigenvalue weighted by Gasteiger charge is 2.09. The zero-order valence-electron chi connectivity index (χ0n) is 13.0. The lowest BCUT2D eigenvalue weighted by Gasteiger charge is -2.09. The molecule has 0 unspecified atom stereocenters. The normalized spacial score (nSPS) is 10.9. The molecule has 118 valence electrons. The van der Waals surface area contributed by atoms with Gasteiger partial charge in [0.05, 0.1) is 5.69 Å². The highest BCUT2D eigenvalue weighted by atomic mass is 16.3. The third kappa shape index (κ3) is 2.54. The lowest BCUT2D eigenvalue weighted by molar-refractivity contribution is 0.475. The molecule has 0 atom stereocenters. The second-order valence-corrected chi connectivity index (χ2v) is 5.49. The molecular weight excluding hydrogens is 302 g/mol. The van der Waals surface area contributed by atoms with Gasteiger partial charge in [0.25, 0.3) is 0 Å². The summed E-state index contributed by atoms with van der Waals surface area (Å²) in [5.41, 5.74) is 4.38. The molecule has 1 aromatic carbocycles. The average Bonchev–Trinajstić information content (AvgIpc) is 3.02. The first-order valence-electron chi connectivity index (χ1n) is 7.53. The Morgan fingerprint density at radius 3 is 2.88 bits per heavy atom. The van der Waals surface area contributed by atoms with Crippen molar-refractivity contribution in [2.45, 2.75) is 6.92 Å². The Morgan fingerprint density at radius 1 is 1.08 bits per heavy atom. The highest BCUT2D eigenvalue weighted by molar-refractivity contribution is 5.92. The van der Waals surface area contributed by atoms with Crippen LogP contribution in [0.5, 0.6) is 5.75 Å². The van der Waals surface area contributed by atoms with Crippen LogP contribution in [-0.4, -0.2) is 25.0 Å². The molecule has 0 amide bonds. The SMILES string of the molecule is Cc1cc(O)ccc1Nc1nccc(-c2c[nH]c3ncccc23)n1. The van der Waals surface area contributed by atoms with Crippen LogP contribution in [0.3, 0.4) is 0 Å². The number of rotatable bonds is 3. The molecule has 0 saturated carbocycles. The molecule has 6 heteroatoms. The number of phenolic OH excluding ortho intramolecular Hbond substituents is 1. The standard InChI is InChI=1S/C18H15N5O/c1-11-9-12(24)4-5-15(11)22-18-20-8-6-16(23-18)14-10-21-17-13(14)3-2-7-19-17/h2-10,24H,1H3,(H,19,21)(H,20,22,23). The van der Waals surface area contributed by atoms with E-state index in [1.54, 1.807) is 30.6 Å². The van der Waals surface area contributed by atoms with Gasteiger partial charge < -0.3 is 15.4 Å². The molecule has 24 heavy (non-hydrogen) atoms. The number of aryl methyl sites for hydroxylation is 1. The number of H-pyrrole nitrogens is 1. The van der Waals surface area contributed by atoms with Crippen molar-refractivity contribution in [1.29, 1.82) is 0 Å². The van der Waals surface area contributed by atoms with Crippen LogP contribution in [-0.2, 0) is 0 Å². The number of aromatic amines is 1. The number of phenols is 1. The molecule has 0 aliphatic carbocycles. The molecule has 3 heterocycles. The van der Waals surface area contributed by atoms with Crippen molar-refractivity contribution >= 4 is 22.7 Å². The summed E-state index contributed by atoms with van der Waals surface area (Å²) in [5.74, 6) is 0.735. The highest BCUT2D eigenvalue weighted by Crippen LogP contribution is 2.27. The van der Waals surface area contributed by atoms with Crippen LogP contribution >= 0.6 is 0 Å². The Balaban J connectivity index is 1.71. The number of benzene rings is 1. The molecule has 4 aromatic rings. The zero-order chi connectivity index (χ0) is 16.5. The van der Waals surface area contributed by atoms with Crippen LogP contribution in [0.25, 0.3) is 22.3 Å². The molecule has 0 aliphatic rings. The van der Waals surface area contributed by atoms with E-state index in [1.165, 1.54) is 0 Å². The lowest BCUT2D eigenvalue weighted by atomic mass is 10.1. The molecular formula is C18H15N5O. The zero-order valence-corrected chi connectivity index (χ0v) is 13.0. The second-order valence-electron chi connectivity index (χ2n) is 5.49. The van der Waals surface area contributed by atoms with Crippen molar-refractivity contribution in [3.05, 3.63) is 60.6 Å². The van der Waals surface area contributed by atoms with E-state index in [9.17, 15) is 5.11 Å². The number of hydrogen-bond acceptors (Lipinski definition) is 5. The van der Waals surface area contributed by atoms with Crippen LogP contribution in [0.1, 0.15) is 5.56 Å². The Kier molecular flexibility index (Phi) is 3.35. The minimum atomic E-state index is 0.235. The topological polar surface area (TPSA) is 86.7 Å². The summed E-state index contributed by atoms with van der Waals surface area (Å²) in [6, 6.07) is 10.9. The maximum atomic E-state index is 9.50. The third-order valence-electron chi connectivity index (χ3n) is 3.84. The van der Waals surface area contributed by atoms with Crippen molar-refractivity contribution in [3.63, 3.8) is 0 Å². The summed E-state index contributed by atoms with van der Waals surface area (Å²) in [6.07, 6.45) is 5.37. The molecule has 4 rings (SSSR count). The maximum Gasteiger partial charge on any atom is 0.227 e. The molecule has 3 aromatic heterocycles. The molecule has 0 aliphatic heterocycles. The van der Waals surface area contributed by atoms with Crippen LogP contribution in [0, 0.1) is 6.92 Å². The number of anilines is 2. The van der Waals surface area contributed by atoms with Crippen molar-refractivity contribution in [1.82, 2.24) is 19.9 Å². The fourth-order valence-electron chi connectivity index (χ4n) is 2.65. The molecule has 3 N–H and O–H groups in total. The van der Waals surface area contributed by atoms with E-state index in [-0.39, 0.29) is 5.75 Å². The van der Waals surface area contributed by atoms with E-state index in [1.807, 2.05) is 31.3 Å². The van der Waals surface area contributed by atoms with Crippen molar-refractivity contribution in [2.75, 3.05) is 5.32 Å². The van der Waals surface area contributed by atoms with E-state index in [2.05, 4.69) is 25.3 Å². The van der Waals surface area contributed by atoms with Crippen LogP contribution in [0.15, 0.2) is 55.0 Å². The van der Waals surface area contributed by atoms with Gasteiger partial charge in [0.1, 0.15) is 11.4 Å². The molecule has 6 nitrogen and oxygen atoms in total. The largest absolute Gasteiger partial charge is 0.508 e. The summed E-state index contributed by atoms with van der Waals surface area (Å²) in [6.45, 7) is 1.91. The molecule has 0 radical (unpaired) electrons. The second kappa shape index (κ2) is 5.66. The molecule has 0 spiro atoms. The fourth-order valence-corrected chi connectivity index (χ4v) is 2.65. The smallest absolute Gasteiger partial charge is 0.227 e. The number of nitrogens with zero attached hydrogens (tertiary/aromatic N) is 3. The lowest BCUT2D eigenvalue weighted by Crippen LogP contribution is -1.99. The minimum absolute atomic E-state index is 0.235. The Bertz CT molecular complexity index is 1020. The average molecular weight is 317 g/mol. The van der Waals surface area contributed by atoms with Crippen molar-refractivity contribution in [3.8, 4) is 17.0 Å². The first kappa shape index (κ1) is 14.2. The van der Waals surface area contributed by atoms with Crippen LogP contribution in [0.2, 0.25) is 0 Å². The quantitative estimate of drug-likeness (QED) is 0.501. The summed E-state index contributed by atoms with van der Waals surface area (Å²) in [7, 11) is 0. The molecule has 0 fully saturated rings. The number of hydrogen-bond donors (Lipinski definition) is 3. The van der Waals surface area contributed by atoms with E-state index in [0.717, 1.165) is 33.5 Å². The van der Waals surface area contributed by atoms with Crippen LogP contribution < -0.4 is 5.32 Å². The Hall–Kier alpha value is -3.41. The number of nitrogens with one attached hydrogen (secondary N) is 2. The Morgan fingerprint density at radius 2 is 2.00 bits per heavy atom. The van der Waals surface area contributed by atoms with Gasteiger partial charge in [0.15, 0.2) is 0 Å². The van der Waals surface area contributed by atoms with E-state index in [4.69, 9.17) is 0 Å². The summed E-state index contributed by atoms with van der Waals surface area (Å²) in [5, 5.41) is 13.7. The molecule has 0 bridgehead atoms. The van der Waals surface area contributed by atoms with Crippen molar-refractivity contribution in [2.24, 2.45) is 0 Å². The third-order valence-corrected chi connectivity index (χ3v) is 3.84. The van der Waals surface area contributed by atoms with E-state index < -0.39 is 0 Å². The fraction of sp³-hybridized carbons (Fsp3) is 0.0556. The summed E-state index contributed by atoms with van der Waals surface area (Å²) >= 11 is 0. The first-order chi connectivity index (χ1) is 11.7. The number of fused-ring (bicyclic) bond motifs is 1. The predicted molar refractivity (Wildman–Crippen MR) is 93.2 cm³/mol. The summed E-state index contributed by atoms with van der Waals surface area (Å²) < 4.78 is 0. The van der Waals surface area contributed by atoms with Gasteiger partial charge in [-0.3, -0.25) is 0 Å². The van der Waals surface area contributed by atoms with E-state index >= 15 is 0 Å². The van der Waals surface area contributed by atoms with Gasteiger partial charge in [-0.2, -0.15) is 0 Å². The van der Waals surface area contributed by atoms with Gasteiger partial charge in [-0.1, -0.05) is 0 Å². The summed E-state index contributed by atoms with van der Waals surface area (Å²) in [4.78, 5) is 16.3. The van der Waals surface area contributed by atoms with Gasteiger partial charge in [0, 0.05) is 35.2 Å². The van der Waals surface area contributed by atoms with Gasteiger partial charge in [-0.25, -0.2) is 15.0 Å². The van der Waals surface area contributed by atoms with Crippen LogP contribution in [0.4, 0.5) is 11.6 Å². The maximum absolute atomic E-state index is 9.50. The van der Waals surface area contributed by atoms with Crippen molar-refractivity contribution < 1.29 is 5.11 Å². The minimum Gasteiger partial charge on any atom is -0.508 e.